The minimum atomic E-state index is -0.283. The van der Waals surface area contributed by atoms with Gasteiger partial charge in [0.15, 0.2) is 0 Å². The number of phenols is 1. The standard InChI is InChI=1S/C16H21ClN2O3S/c17-12-1-2-14(20)13(9-12)15(21)18-10-16(3-8-23-11-16)19-4-6-22-7-5-19/h1-2,9,20H,3-8,10-11H2,(H,18,21). The van der Waals surface area contributed by atoms with E-state index >= 15 is 0 Å². The molecule has 2 N–H and O–H groups in total. The molecule has 126 valence electrons. The minimum Gasteiger partial charge on any atom is -0.507 e. The van der Waals surface area contributed by atoms with Gasteiger partial charge < -0.3 is 15.2 Å². The van der Waals surface area contributed by atoms with Crippen molar-refractivity contribution in [2.45, 2.75) is 12.0 Å². The van der Waals surface area contributed by atoms with Gasteiger partial charge in [-0.05, 0) is 30.4 Å². The van der Waals surface area contributed by atoms with Crippen LogP contribution in [0.15, 0.2) is 18.2 Å². The number of benzene rings is 1. The summed E-state index contributed by atoms with van der Waals surface area (Å²) in [6, 6.07) is 4.51. The summed E-state index contributed by atoms with van der Waals surface area (Å²) in [7, 11) is 0. The number of carbonyl (C=O) groups excluding carboxylic acids is 1. The van der Waals surface area contributed by atoms with Crippen molar-refractivity contribution < 1.29 is 14.6 Å². The van der Waals surface area contributed by atoms with Crippen molar-refractivity contribution in [1.29, 1.82) is 0 Å². The van der Waals surface area contributed by atoms with E-state index in [4.69, 9.17) is 16.3 Å². The number of rotatable bonds is 4. The third-order valence-corrected chi connectivity index (χ3v) is 6.01. The fraction of sp³-hybridized carbons (Fsp3) is 0.562. The molecule has 1 aromatic carbocycles. The van der Waals surface area contributed by atoms with Crippen LogP contribution in [0.5, 0.6) is 5.75 Å². The van der Waals surface area contributed by atoms with E-state index in [1.54, 1.807) is 6.07 Å². The zero-order valence-electron chi connectivity index (χ0n) is 12.9. The molecule has 2 heterocycles. The van der Waals surface area contributed by atoms with Gasteiger partial charge in [-0.3, -0.25) is 9.69 Å². The number of carbonyl (C=O) groups is 1. The van der Waals surface area contributed by atoms with Crippen LogP contribution in [0.3, 0.4) is 0 Å². The monoisotopic (exact) mass is 356 g/mol. The van der Waals surface area contributed by atoms with Crippen LogP contribution in [-0.4, -0.2) is 65.8 Å². The summed E-state index contributed by atoms with van der Waals surface area (Å²) < 4.78 is 5.44. The highest BCUT2D eigenvalue weighted by molar-refractivity contribution is 7.99. The first-order valence-electron chi connectivity index (χ1n) is 7.78. The Morgan fingerprint density at radius 2 is 2.22 bits per heavy atom. The highest BCUT2D eigenvalue weighted by Crippen LogP contribution is 2.33. The number of hydrogen-bond donors (Lipinski definition) is 2. The van der Waals surface area contributed by atoms with Crippen LogP contribution in [0, 0.1) is 0 Å². The van der Waals surface area contributed by atoms with Gasteiger partial charge >= 0.3 is 0 Å². The van der Waals surface area contributed by atoms with Crippen LogP contribution in [0.2, 0.25) is 5.02 Å². The van der Waals surface area contributed by atoms with Crippen molar-refractivity contribution in [2.75, 3.05) is 44.4 Å². The van der Waals surface area contributed by atoms with Crippen molar-refractivity contribution in [3.63, 3.8) is 0 Å². The highest BCUT2D eigenvalue weighted by Gasteiger charge is 2.41. The fourth-order valence-electron chi connectivity index (χ4n) is 3.16. The zero-order chi connectivity index (χ0) is 16.3. The average Bonchev–Trinajstić information content (AvgIpc) is 3.06. The third kappa shape index (κ3) is 3.76. The molecule has 23 heavy (non-hydrogen) atoms. The van der Waals surface area contributed by atoms with Crippen LogP contribution < -0.4 is 5.32 Å². The Balaban J connectivity index is 1.69. The Hall–Kier alpha value is -0.950. The number of hydrogen-bond acceptors (Lipinski definition) is 5. The molecule has 0 bridgehead atoms. The molecular formula is C16H21ClN2O3S. The second-order valence-corrected chi connectivity index (χ2v) is 7.51. The molecule has 5 nitrogen and oxygen atoms in total. The SMILES string of the molecule is O=C(NCC1(N2CCOCC2)CCSC1)c1cc(Cl)ccc1O. The van der Waals surface area contributed by atoms with E-state index < -0.39 is 0 Å². The molecule has 0 aromatic heterocycles. The van der Waals surface area contributed by atoms with E-state index in [0.717, 1.165) is 44.2 Å². The Morgan fingerprint density at radius 3 is 2.91 bits per heavy atom. The van der Waals surface area contributed by atoms with Crippen LogP contribution in [0.1, 0.15) is 16.8 Å². The molecule has 3 rings (SSSR count). The van der Waals surface area contributed by atoms with E-state index in [2.05, 4.69) is 10.2 Å². The molecule has 7 heteroatoms. The molecule has 1 aromatic rings. The maximum Gasteiger partial charge on any atom is 0.255 e. The lowest BCUT2D eigenvalue weighted by atomic mass is 9.95. The molecular weight excluding hydrogens is 336 g/mol. The van der Waals surface area contributed by atoms with Crippen LogP contribution in [-0.2, 0) is 4.74 Å². The number of phenolic OH excluding ortho intramolecular Hbond substituents is 1. The van der Waals surface area contributed by atoms with Gasteiger partial charge in [-0.25, -0.2) is 0 Å². The molecule has 0 aliphatic carbocycles. The molecule has 2 fully saturated rings. The summed E-state index contributed by atoms with van der Waals surface area (Å²) in [5, 5.41) is 13.3. The Bertz CT molecular complexity index is 572. The van der Waals surface area contributed by atoms with Gasteiger partial charge in [0.25, 0.3) is 5.91 Å². The van der Waals surface area contributed by atoms with E-state index in [1.807, 2.05) is 11.8 Å². The molecule has 0 saturated carbocycles. The second kappa shape index (κ2) is 7.30. The second-order valence-electron chi connectivity index (χ2n) is 5.97. The van der Waals surface area contributed by atoms with Crippen molar-refractivity contribution in [1.82, 2.24) is 10.2 Å². The summed E-state index contributed by atoms with van der Waals surface area (Å²) in [5.74, 6) is 1.78. The summed E-state index contributed by atoms with van der Waals surface area (Å²) in [4.78, 5) is 14.9. The molecule has 2 aliphatic heterocycles. The first kappa shape index (κ1) is 16.9. The third-order valence-electron chi connectivity index (χ3n) is 4.55. The van der Waals surface area contributed by atoms with Crippen LogP contribution in [0.25, 0.3) is 0 Å². The largest absolute Gasteiger partial charge is 0.507 e. The summed E-state index contributed by atoms with van der Waals surface area (Å²) in [6.45, 7) is 3.87. The van der Waals surface area contributed by atoms with E-state index in [-0.39, 0.29) is 22.8 Å². The summed E-state index contributed by atoms with van der Waals surface area (Å²) in [5.41, 5.74) is 0.207. The van der Waals surface area contributed by atoms with E-state index in [1.165, 1.54) is 12.1 Å². The van der Waals surface area contributed by atoms with Crippen LogP contribution in [0.4, 0.5) is 0 Å². The number of halogens is 1. The average molecular weight is 357 g/mol. The number of aromatic hydroxyl groups is 1. The number of nitrogens with one attached hydrogen (secondary N) is 1. The first-order valence-corrected chi connectivity index (χ1v) is 9.31. The van der Waals surface area contributed by atoms with Gasteiger partial charge in [-0.2, -0.15) is 11.8 Å². The van der Waals surface area contributed by atoms with Crippen molar-refractivity contribution >= 4 is 29.3 Å². The number of thioether (sulfide) groups is 1. The topological polar surface area (TPSA) is 61.8 Å². The van der Waals surface area contributed by atoms with Crippen molar-refractivity contribution in [3.8, 4) is 5.75 Å². The molecule has 2 aliphatic rings. The lowest BCUT2D eigenvalue weighted by Gasteiger charge is -2.43. The fourth-order valence-corrected chi connectivity index (χ4v) is 4.81. The van der Waals surface area contributed by atoms with E-state index in [0.29, 0.717) is 11.6 Å². The minimum absolute atomic E-state index is 0.0156. The lowest BCUT2D eigenvalue weighted by Crippen LogP contribution is -2.59. The van der Waals surface area contributed by atoms with Gasteiger partial charge in [0.2, 0.25) is 0 Å². The predicted octanol–water partition coefficient (Wildman–Crippen LogP) is 1.98. The smallest absolute Gasteiger partial charge is 0.255 e. The molecule has 1 unspecified atom stereocenters. The predicted molar refractivity (Wildman–Crippen MR) is 92.5 cm³/mol. The number of ether oxygens (including phenoxy) is 1. The van der Waals surface area contributed by atoms with Crippen LogP contribution >= 0.6 is 23.4 Å². The number of amides is 1. The first-order chi connectivity index (χ1) is 11.1. The number of morpholine rings is 1. The van der Waals surface area contributed by atoms with Gasteiger partial charge in [0.05, 0.1) is 18.8 Å². The highest BCUT2D eigenvalue weighted by atomic mass is 35.5. The molecule has 1 atom stereocenters. The van der Waals surface area contributed by atoms with Gasteiger partial charge in [0, 0.05) is 35.9 Å². The summed E-state index contributed by atoms with van der Waals surface area (Å²) >= 11 is 7.84. The summed E-state index contributed by atoms with van der Waals surface area (Å²) in [6.07, 6.45) is 1.06. The maximum absolute atomic E-state index is 12.4. The Morgan fingerprint density at radius 1 is 1.43 bits per heavy atom. The van der Waals surface area contributed by atoms with Gasteiger partial charge in [-0.1, -0.05) is 11.6 Å². The maximum atomic E-state index is 12.4. The Kier molecular flexibility index (Phi) is 5.36. The molecule has 0 radical (unpaired) electrons. The van der Waals surface area contributed by atoms with Crippen molar-refractivity contribution in [3.05, 3.63) is 28.8 Å². The zero-order valence-corrected chi connectivity index (χ0v) is 14.5. The van der Waals surface area contributed by atoms with Gasteiger partial charge in [0.1, 0.15) is 5.75 Å². The van der Waals surface area contributed by atoms with E-state index in [9.17, 15) is 9.90 Å². The lowest BCUT2D eigenvalue weighted by molar-refractivity contribution is -0.0129. The van der Waals surface area contributed by atoms with Crippen molar-refractivity contribution in [2.24, 2.45) is 0 Å². The van der Waals surface area contributed by atoms with Gasteiger partial charge in [-0.15, -0.1) is 0 Å². The quantitative estimate of drug-likeness (QED) is 0.863. The Labute approximate surface area is 145 Å². The molecule has 1 amide bonds. The molecule has 0 spiro atoms. The normalized spacial score (nSPS) is 25.4. The molecule has 2 saturated heterocycles. The number of nitrogens with zero attached hydrogens (tertiary/aromatic N) is 1.